The maximum Gasteiger partial charge on any atom is 0.264 e. The lowest BCUT2D eigenvalue weighted by molar-refractivity contribution is 0.622. The minimum atomic E-state index is -0.304. The Balaban J connectivity index is 2.41. The van der Waals surface area contributed by atoms with Gasteiger partial charge in [0, 0.05) is 10.7 Å². The van der Waals surface area contributed by atoms with Crippen molar-refractivity contribution in [3.8, 4) is 0 Å². The molecule has 0 saturated heterocycles. The average Bonchev–Trinajstić information content (AvgIpc) is 2.30. The number of aromatic nitrogens is 1. The van der Waals surface area contributed by atoms with Crippen LogP contribution < -0.4 is 5.56 Å². The molecule has 0 unspecified atom stereocenters. The Morgan fingerprint density at radius 1 is 1.35 bits per heavy atom. The molecule has 0 radical (unpaired) electrons. The fourth-order valence-electron chi connectivity index (χ4n) is 1.48. The summed E-state index contributed by atoms with van der Waals surface area (Å²) >= 11 is 5.34. The summed E-state index contributed by atoms with van der Waals surface area (Å²) in [5.41, 5.74) is 0.679. The molecule has 1 heterocycles. The van der Waals surface area contributed by atoms with Gasteiger partial charge in [-0.1, -0.05) is 15.9 Å². The average molecular weight is 408 g/mol. The van der Waals surface area contributed by atoms with Gasteiger partial charge in [0.25, 0.3) is 5.56 Å². The molecular weight excluding hydrogens is 400 g/mol. The molecule has 0 amide bonds. The van der Waals surface area contributed by atoms with Crippen molar-refractivity contribution >= 4 is 38.5 Å². The minimum Gasteiger partial charge on any atom is -0.310 e. The van der Waals surface area contributed by atoms with Gasteiger partial charge in [-0.25, -0.2) is 4.39 Å². The first-order chi connectivity index (χ1) is 8.08. The zero-order valence-electron chi connectivity index (χ0n) is 8.66. The Bertz CT molecular complexity index is 612. The van der Waals surface area contributed by atoms with Crippen molar-refractivity contribution in [3.05, 3.63) is 66.3 Å². The molecule has 0 saturated carbocycles. The highest BCUT2D eigenvalue weighted by Gasteiger charge is 2.05. The fraction of sp³-hybridized carbons (Fsp3) is 0.0833. The normalized spacial score (nSPS) is 10.5. The summed E-state index contributed by atoms with van der Waals surface area (Å²) in [6.45, 7) is 0.355. The summed E-state index contributed by atoms with van der Waals surface area (Å²) in [4.78, 5) is 11.8. The zero-order chi connectivity index (χ0) is 12.4. The summed E-state index contributed by atoms with van der Waals surface area (Å²) in [6.07, 6.45) is 1.70. The highest BCUT2D eigenvalue weighted by molar-refractivity contribution is 14.1. The van der Waals surface area contributed by atoms with Crippen LogP contribution in [0.15, 0.2) is 45.8 Å². The molecule has 2 aromatic rings. The number of nitrogens with zero attached hydrogens (tertiary/aromatic N) is 1. The molecule has 5 heteroatoms. The number of halogens is 3. The summed E-state index contributed by atoms with van der Waals surface area (Å²) in [5.74, 6) is -0.304. The second kappa shape index (κ2) is 5.30. The molecule has 0 bridgehead atoms. The van der Waals surface area contributed by atoms with E-state index >= 15 is 0 Å². The molecule has 88 valence electrons. The zero-order valence-corrected chi connectivity index (χ0v) is 12.4. The van der Waals surface area contributed by atoms with Crippen molar-refractivity contribution in [1.82, 2.24) is 4.57 Å². The van der Waals surface area contributed by atoms with Crippen LogP contribution in [-0.2, 0) is 6.54 Å². The Labute approximate surface area is 120 Å². The molecule has 0 N–H and O–H groups in total. The van der Waals surface area contributed by atoms with Crippen molar-refractivity contribution in [2.75, 3.05) is 0 Å². The third kappa shape index (κ3) is 2.95. The number of pyridine rings is 1. The van der Waals surface area contributed by atoms with E-state index in [4.69, 9.17) is 0 Å². The summed E-state index contributed by atoms with van der Waals surface area (Å²) < 4.78 is 16.1. The van der Waals surface area contributed by atoms with Gasteiger partial charge in [0.05, 0.1) is 10.1 Å². The minimum absolute atomic E-state index is 0.0655. The molecule has 0 aliphatic heterocycles. The molecule has 1 aromatic carbocycles. The molecule has 0 fully saturated rings. The van der Waals surface area contributed by atoms with Gasteiger partial charge in [-0.2, -0.15) is 0 Å². The number of rotatable bonds is 2. The molecule has 2 nitrogen and oxygen atoms in total. The van der Waals surface area contributed by atoms with Gasteiger partial charge in [-0.05, 0) is 58.5 Å². The van der Waals surface area contributed by atoms with Gasteiger partial charge in [-0.15, -0.1) is 0 Å². The standard InChI is InChI=1S/C12H8BrFINO/c13-10-4-3-9(14)6-8(10)7-16-5-1-2-11(15)12(16)17/h1-6H,7H2. The van der Waals surface area contributed by atoms with Crippen LogP contribution >= 0.6 is 38.5 Å². The summed E-state index contributed by atoms with van der Waals surface area (Å²) in [5, 5.41) is 0. The molecule has 0 spiro atoms. The molecule has 17 heavy (non-hydrogen) atoms. The quantitative estimate of drug-likeness (QED) is 0.699. The van der Waals surface area contributed by atoms with Crippen LogP contribution in [0.2, 0.25) is 0 Å². The maximum atomic E-state index is 13.1. The van der Waals surface area contributed by atoms with Crippen LogP contribution in [0, 0.1) is 9.39 Å². The number of benzene rings is 1. The van der Waals surface area contributed by atoms with Crippen molar-refractivity contribution in [1.29, 1.82) is 0 Å². The van der Waals surface area contributed by atoms with Gasteiger partial charge in [0.1, 0.15) is 5.82 Å². The molecular formula is C12H8BrFINO. The first-order valence-electron chi connectivity index (χ1n) is 4.87. The number of hydrogen-bond acceptors (Lipinski definition) is 1. The molecule has 2 rings (SSSR count). The summed E-state index contributed by atoms with van der Waals surface area (Å²) in [7, 11) is 0. The third-order valence-corrected chi connectivity index (χ3v) is 3.92. The van der Waals surface area contributed by atoms with Gasteiger partial charge < -0.3 is 4.57 Å². The first-order valence-corrected chi connectivity index (χ1v) is 6.74. The monoisotopic (exact) mass is 407 g/mol. The van der Waals surface area contributed by atoms with Crippen LogP contribution in [0.5, 0.6) is 0 Å². The summed E-state index contributed by atoms with van der Waals surface area (Å²) in [6, 6.07) is 8.00. The van der Waals surface area contributed by atoms with E-state index in [0.717, 1.165) is 10.0 Å². The fourth-order valence-corrected chi connectivity index (χ4v) is 2.37. The molecule has 1 aromatic heterocycles. The van der Waals surface area contributed by atoms with Gasteiger partial charge in [0.15, 0.2) is 0 Å². The highest BCUT2D eigenvalue weighted by Crippen LogP contribution is 2.18. The molecule has 0 atom stereocenters. The smallest absolute Gasteiger partial charge is 0.264 e. The van der Waals surface area contributed by atoms with Crippen molar-refractivity contribution in [2.45, 2.75) is 6.54 Å². The van der Waals surface area contributed by atoms with E-state index in [0.29, 0.717) is 10.1 Å². The van der Waals surface area contributed by atoms with E-state index in [1.54, 1.807) is 29.0 Å². The maximum absolute atomic E-state index is 13.1. The van der Waals surface area contributed by atoms with E-state index in [2.05, 4.69) is 15.9 Å². The lowest BCUT2D eigenvalue weighted by Crippen LogP contribution is -2.22. The largest absolute Gasteiger partial charge is 0.310 e. The predicted molar refractivity (Wildman–Crippen MR) is 76.6 cm³/mol. The molecule has 0 aliphatic rings. The Hall–Kier alpha value is -0.690. The van der Waals surface area contributed by atoms with Crippen LogP contribution in [0.1, 0.15) is 5.56 Å². The molecule has 0 aliphatic carbocycles. The van der Waals surface area contributed by atoms with E-state index in [1.807, 2.05) is 22.6 Å². The highest BCUT2D eigenvalue weighted by atomic mass is 127. The second-order valence-corrected chi connectivity index (χ2v) is 5.54. The topological polar surface area (TPSA) is 22.0 Å². The van der Waals surface area contributed by atoms with Gasteiger partial charge in [-0.3, -0.25) is 4.79 Å². The van der Waals surface area contributed by atoms with Crippen molar-refractivity contribution in [3.63, 3.8) is 0 Å². The van der Waals surface area contributed by atoms with Crippen LogP contribution in [0.3, 0.4) is 0 Å². The Morgan fingerprint density at radius 3 is 2.88 bits per heavy atom. The van der Waals surface area contributed by atoms with Gasteiger partial charge in [0.2, 0.25) is 0 Å². The van der Waals surface area contributed by atoms with E-state index in [-0.39, 0.29) is 11.4 Å². The Kier molecular flexibility index (Phi) is 3.98. The van der Waals surface area contributed by atoms with Crippen molar-refractivity contribution in [2.24, 2.45) is 0 Å². The van der Waals surface area contributed by atoms with Crippen LogP contribution in [0.25, 0.3) is 0 Å². The van der Waals surface area contributed by atoms with Crippen LogP contribution in [-0.4, -0.2) is 4.57 Å². The number of hydrogen-bond donors (Lipinski definition) is 0. The Morgan fingerprint density at radius 2 is 2.12 bits per heavy atom. The lowest BCUT2D eigenvalue weighted by atomic mass is 10.2. The predicted octanol–water partition coefficient (Wildman–Crippen LogP) is 3.40. The van der Waals surface area contributed by atoms with Gasteiger partial charge >= 0.3 is 0 Å². The first kappa shape index (κ1) is 12.8. The second-order valence-electron chi connectivity index (χ2n) is 3.52. The lowest BCUT2D eigenvalue weighted by Gasteiger charge is -2.08. The van der Waals surface area contributed by atoms with E-state index in [1.165, 1.54) is 12.1 Å². The van der Waals surface area contributed by atoms with Crippen molar-refractivity contribution < 1.29 is 4.39 Å². The van der Waals surface area contributed by atoms with E-state index < -0.39 is 0 Å². The SMILES string of the molecule is O=c1c(I)cccn1Cc1cc(F)ccc1Br. The van der Waals surface area contributed by atoms with Crippen LogP contribution in [0.4, 0.5) is 4.39 Å². The third-order valence-electron chi connectivity index (χ3n) is 2.32. The van der Waals surface area contributed by atoms with E-state index in [9.17, 15) is 9.18 Å².